The normalized spacial score (nSPS) is 18.4. The summed E-state index contributed by atoms with van der Waals surface area (Å²) in [5, 5.41) is 4.48. The second kappa shape index (κ2) is 5.20. The van der Waals surface area contributed by atoms with Gasteiger partial charge in [-0.25, -0.2) is 9.97 Å². The van der Waals surface area contributed by atoms with Crippen molar-refractivity contribution < 1.29 is 4.42 Å². The lowest BCUT2D eigenvalue weighted by atomic mass is 9.94. The third-order valence-electron chi connectivity index (χ3n) is 4.09. The van der Waals surface area contributed by atoms with E-state index in [0.29, 0.717) is 5.92 Å². The first-order valence-corrected chi connectivity index (χ1v) is 7.43. The van der Waals surface area contributed by atoms with E-state index >= 15 is 0 Å². The molecule has 1 N–H and O–H groups in total. The Labute approximate surface area is 122 Å². The van der Waals surface area contributed by atoms with Gasteiger partial charge in [0, 0.05) is 11.9 Å². The van der Waals surface area contributed by atoms with Crippen molar-refractivity contribution in [3.05, 3.63) is 42.7 Å². The highest BCUT2D eigenvalue weighted by Gasteiger charge is 2.14. The number of para-hydroxylation sites is 1. The lowest BCUT2D eigenvalue weighted by Crippen LogP contribution is -2.16. The van der Waals surface area contributed by atoms with Crippen molar-refractivity contribution in [3.63, 3.8) is 0 Å². The van der Waals surface area contributed by atoms with Crippen molar-refractivity contribution in [2.75, 3.05) is 11.9 Å². The van der Waals surface area contributed by atoms with Crippen LogP contribution in [0.3, 0.4) is 0 Å². The van der Waals surface area contributed by atoms with Crippen molar-refractivity contribution in [3.8, 4) is 0 Å². The van der Waals surface area contributed by atoms with Gasteiger partial charge in [0.2, 0.25) is 0 Å². The topological polar surface area (TPSA) is 51.0 Å². The molecule has 0 bridgehead atoms. The van der Waals surface area contributed by atoms with Gasteiger partial charge in [0.15, 0.2) is 11.4 Å². The van der Waals surface area contributed by atoms with E-state index in [4.69, 9.17) is 4.42 Å². The average molecular weight is 279 g/mol. The summed E-state index contributed by atoms with van der Waals surface area (Å²) >= 11 is 0. The Morgan fingerprint density at radius 2 is 2.14 bits per heavy atom. The second-order valence-corrected chi connectivity index (χ2v) is 5.53. The van der Waals surface area contributed by atoms with Gasteiger partial charge in [0.25, 0.3) is 0 Å². The van der Waals surface area contributed by atoms with E-state index in [1.54, 1.807) is 6.33 Å². The zero-order valence-electron chi connectivity index (χ0n) is 11.7. The standard InChI is InChI=1S/C17H17N3O/c1-2-6-12(7-3-1)10-18-17-16-15(19-11-20-17)13-8-4-5-9-14(13)21-16/h1-2,4-5,8-9,11-12H,3,6-7,10H2,(H,18,19,20). The SMILES string of the molecule is C1=CCC(CNc2ncnc3c2oc2ccccc23)CC1. The highest BCUT2D eigenvalue weighted by molar-refractivity contribution is 6.05. The lowest BCUT2D eigenvalue weighted by Gasteiger charge is -2.18. The van der Waals surface area contributed by atoms with Crippen LogP contribution < -0.4 is 5.32 Å². The molecular formula is C17H17N3O. The van der Waals surface area contributed by atoms with Crippen LogP contribution in [0.1, 0.15) is 19.3 Å². The molecule has 1 unspecified atom stereocenters. The fraction of sp³-hybridized carbons (Fsp3) is 0.294. The lowest BCUT2D eigenvalue weighted by molar-refractivity contribution is 0.503. The number of furan rings is 1. The van der Waals surface area contributed by atoms with Crippen LogP contribution in [0.4, 0.5) is 5.82 Å². The number of allylic oxidation sites excluding steroid dienone is 2. The van der Waals surface area contributed by atoms with Gasteiger partial charge >= 0.3 is 0 Å². The summed E-state index contributed by atoms with van der Waals surface area (Å²) in [6.45, 7) is 0.924. The van der Waals surface area contributed by atoms with E-state index in [-0.39, 0.29) is 0 Å². The molecule has 0 amide bonds. The number of hydrogen-bond donors (Lipinski definition) is 1. The maximum Gasteiger partial charge on any atom is 0.196 e. The zero-order valence-corrected chi connectivity index (χ0v) is 11.7. The Balaban J connectivity index is 1.66. The van der Waals surface area contributed by atoms with Crippen LogP contribution in [0, 0.1) is 5.92 Å². The molecule has 106 valence electrons. The summed E-state index contributed by atoms with van der Waals surface area (Å²) in [6.07, 6.45) is 9.69. The summed E-state index contributed by atoms with van der Waals surface area (Å²) in [5.41, 5.74) is 2.49. The molecule has 0 fully saturated rings. The predicted octanol–water partition coefficient (Wildman–Crippen LogP) is 4.14. The molecule has 0 radical (unpaired) electrons. The van der Waals surface area contributed by atoms with Crippen LogP contribution in [0.15, 0.2) is 47.2 Å². The Morgan fingerprint density at radius 1 is 1.19 bits per heavy atom. The van der Waals surface area contributed by atoms with Crippen LogP contribution >= 0.6 is 0 Å². The van der Waals surface area contributed by atoms with E-state index in [0.717, 1.165) is 40.9 Å². The molecule has 4 heteroatoms. The second-order valence-electron chi connectivity index (χ2n) is 5.53. The molecule has 0 saturated heterocycles. The minimum Gasteiger partial charge on any atom is -0.450 e. The number of rotatable bonds is 3. The number of benzene rings is 1. The minimum atomic E-state index is 0.671. The van der Waals surface area contributed by atoms with Gasteiger partial charge in [-0.1, -0.05) is 24.3 Å². The molecular weight excluding hydrogens is 262 g/mol. The van der Waals surface area contributed by atoms with E-state index in [2.05, 4.69) is 27.4 Å². The van der Waals surface area contributed by atoms with Gasteiger partial charge in [-0.2, -0.15) is 0 Å². The van der Waals surface area contributed by atoms with Crippen molar-refractivity contribution in [1.29, 1.82) is 0 Å². The summed E-state index contributed by atoms with van der Waals surface area (Å²) in [6, 6.07) is 7.97. The number of anilines is 1. The Kier molecular flexibility index (Phi) is 3.07. The van der Waals surface area contributed by atoms with E-state index in [1.807, 2.05) is 24.3 Å². The average Bonchev–Trinajstić information content (AvgIpc) is 2.93. The third-order valence-corrected chi connectivity index (χ3v) is 4.09. The van der Waals surface area contributed by atoms with Crippen LogP contribution in [-0.4, -0.2) is 16.5 Å². The molecule has 1 aliphatic carbocycles. The fourth-order valence-electron chi connectivity index (χ4n) is 2.93. The van der Waals surface area contributed by atoms with Crippen molar-refractivity contribution >= 4 is 27.9 Å². The molecule has 3 aromatic rings. The highest BCUT2D eigenvalue weighted by atomic mass is 16.3. The molecule has 0 aliphatic heterocycles. The summed E-state index contributed by atoms with van der Waals surface area (Å²) in [7, 11) is 0. The molecule has 4 rings (SSSR count). The molecule has 21 heavy (non-hydrogen) atoms. The monoisotopic (exact) mass is 279 g/mol. The molecule has 2 aromatic heterocycles. The summed E-state index contributed by atoms with van der Waals surface area (Å²) < 4.78 is 5.92. The molecule has 1 aromatic carbocycles. The summed E-state index contributed by atoms with van der Waals surface area (Å²) in [5.74, 6) is 1.47. The molecule has 1 aliphatic rings. The first kappa shape index (κ1) is 12.4. The van der Waals surface area contributed by atoms with Crippen molar-refractivity contribution in [2.45, 2.75) is 19.3 Å². The van der Waals surface area contributed by atoms with Crippen LogP contribution in [0.5, 0.6) is 0 Å². The Morgan fingerprint density at radius 3 is 3.05 bits per heavy atom. The maximum absolute atomic E-state index is 5.92. The van der Waals surface area contributed by atoms with Gasteiger partial charge in [0.1, 0.15) is 17.4 Å². The predicted molar refractivity (Wildman–Crippen MR) is 84.3 cm³/mol. The number of nitrogens with zero attached hydrogens (tertiary/aromatic N) is 2. The third kappa shape index (κ3) is 2.27. The van der Waals surface area contributed by atoms with Crippen LogP contribution in [0.2, 0.25) is 0 Å². The van der Waals surface area contributed by atoms with E-state index in [1.165, 1.54) is 12.8 Å². The number of hydrogen-bond acceptors (Lipinski definition) is 4. The zero-order chi connectivity index (χ0) is 14.1. The van der Waals surface area contributed by atoms with Gasteiger partial charge < -0.3 is 9.73 Å². The molecule has 2 heterocycles. The van der Waals surface area contributed by atoms with Gasteiger partial charge in [-0.15, -0.1) is 0 Å². The first-order valence-electron chi connectivity index (χ1n) is 7.43. The Hall–Kier alpha value is -2.36. The van der Waals surface area contributed by atoms with Crippen LogP contribution in [0.25, 0.3) is 22.1 Å². The molecule has 0 spiro atoms. The number of aromatic nitrogens is 2. The Bertz CT molecular complexity index is 806. The molecule has 1 atom stereocenters. The fourth-order valence-corrected chi connectivity index (χ4v) is 2.93. The van der Waals surface area contributed by atoms with Gasteiger partial charge in [-0.3, -0.25) is 0 Å². The highest BCUT2D eigenvalue weighted by Crippen LogP contribution is 2.30. The van der Waals surface area contributed by atoms with Gasteiger partial charge in [-0.05, 0) is 37.3 Å². The summed E-state index contributed by atoms with van der Waals surface area (Å²) in [4.78, 5) is 8.72. The van der Waals surface area contributed by atoms with E-state index < -0.39 is 0 Å². The smallest absolute Gasteiger partial charge is 0.196 e. The number of nitrogens with one attached hydrogen (secondary N) is 1. The number of fused-ring (bicyclic) bond motifs is 3. The van der Waals surface area contributed by atoms with Gasteiger partial charge in [0.05, 0.1) is 0 Å². The maximum atomic E-state index is 5.92. The van der Waals surface area contributed by atoms with Crippen molar-refractivity contribution in [2.24, 2.45) is 5.92 Å². The molecule has 0 saturated carbocycles. The molecule has 4 nitrogen and oxygen atoms in total. The largest absolute Gasteiger partial charge is 0.450 e. The first-order chi connectivity index (χ1) is 10.4. The van der Waals surface area contributed by atoms with Crippen molar-refractivity contribution in [1.82, 2.24) is 9.97 Å². The quantitative estimate of drug-likeness (QED) is 0.732. The van der Waals surface area contributed by atoms with E-state index in [9.17, 15) is 0 Å². The van der Waals surface area contributed by atoms with Crippen LogP contribution in [-0.2, 0) is 0 Å². The minimum absolute atomic E-state index is 0.671.